The molecule has 0 aliphatic heterocycles. The Bertz CT molecular complexity index is 366. The molecule has 7 nitrogen and oxygen atoms in total. The predicted molar refractivity (Wildman–Crippen MR) is 41.8 cm³/mol. The standard InChI is InChI=1S/C6H8N6O/c1-11-9-6(8-10-11)4-12-3-5(13)2-7-12/h2-3,13H,4H2,1H3. The molecule has 2 aromatic heterocycles. The molecule has 0 saturated heterocycles. The molecule has 0 saturated carbocycles. The summed E-state index contributed by atoms with van der Waals surface area (Å²) in [7, 11) is 1.69. The van der Waals surface area contributed by atoms with Crippen LogP contribution >= 0.6 is 0 Å². The van der Waals surface area contributed by atoms with E-state index >= 15 is 0 Å². The third-order valence-corrected chi connectivity index (χ3v) is 1.47. The van der Waals surface area contributed by atoms with Gasteiger partial charge in [-0.25, -0.2) is 0 Å². The van der Waals surface area contributed by atoms with Gasteiger partial charge in [0.1, 0.15) is 6.54 Å². The van der Waals surface area contributed by atoms with Crippen LogP contribution in [-0.2, 0) is 13.6 Å². The van der Waals surface area contributed by atoms with Crippen molar-refractivity contribution in [2.75, 3.05) is 0 Å². The second-order valence-corrected chi connectivity index (χ2v) is 2.59. The molecule has 13 heavy (non-hydrogen) atoms. The Hall–Kier alpha value is -1.92. The number of hydrogen-bond donors (Lipinski definition) is 1. The summed E-state index contributed by atoms with van der Waals surface area (Å²) >= 11 is 0. The first-order chi connectivity index (χ1) is 6.24. The molecule has 7 heteroatoms. The minimum absolute atomic E-state index is 0.129. The van der Waals surface area contributed by atoms with E-state index in [1.165, 1.54) is 21.9 Å². The maximum absolute atomic E-state index is 8.99. The fraction of sp³-hybridized carbons (Fsp3) is 0.333. The summed E-state index contributed by atoms with van der Waals surface area (Å²) < 4.78 is 1.53. The Morgan fingerprint density at radius 1 is 1.54 bits per heavy atom. The summed E-state index contributed by atoms with van der Waals surface area (Å²) in [6.07, 6.45) is 2.85. The van der Waals surface area contributed by atoms with Crippen molar-refractivity contribution in [3.8, 4) is 5.75 Å². The Morgan fingerprint density at radius 3 is 2.92 bits per heavy atom. The van der Waals surface area contributed by atoms with Crippen LogP contribution in [0.25, 0.3) is 0 Å². The van der Waals surface area contributed by atoms with Gasteiger partial charge in [0.2, 0.25) is 0 Å². The second-order valence-electron chi connectivity index (χ2n) is 2.59. The van der Waals surface area contributed by atoms with Gasteiger partial charge < -0.3 is 5.11 Å². The molecule has 0 aliphatic carbocycles. The van der Waals surface area contributed by atoms with Crippen molar-refractivity contribution in [3.05, 3.63) is 18.2 Å². The van der Waals surface area contributed by atoms with Crippen LogP contribution in [0.2, 0.25) is 0 Å². The van der Waals surface area contributed by atoms with Crippen molar-refractivity contribution in [1.29, 1.82) is 0 Å². The first-order valence-corrected chi connectivity index (χ1v) is 3.68. The van der Waals surface area contributed by atoms with Gasteiger partial charge >= 0.3 is 0 Å². The van der Waals surface area contributed by atoms with Gasteiger partial charge in [0.15, 0.2) is 11.6 Å². The van der Waals surface area contributed by atoms with Gasteiger partial charge in [-0.05, 0) is 5.21 Å². The monoisotopic (exact) mass is 180 g/mol. The molecule has 0 atom stereocenters. The highest BCUT2D eigenvalue weighted by atomic mass is 16.3. The highest BCUT2D eigenvalue weighted by molar-refractivity contribution is 5.08. The van der Waals surface area contributed by atoms with Crippen molar-refractivity contribution < 1.29 is 5.11 Å². The van der Waals surface area contributed by atoms with E-state index in [9.17, 15) is 0 Å². The number of aryl methyl sites for hydroxylation is 1. The van der Waals surface area contributed by atoms with Crippen LogP contribution in [0.1, 0.15) is 5.82 Å². The first kappa shape index (κ1) is 7.71. The van der Waals surface area contributed by atoms with E-state index in [1.807, 2.05) is 0 Å². The molecule has 0 aliphatic rings. The minimum atomic E-state index is 0.129. The van der Waals surface area contributed by atoms with Gasteiger partial charge in [0.05, 0.1) is 19.4 Å². The van der Waals surface area contributed by atoms with E-state index in [2.05, 4.69) is 20.5 Å². The smallest absolute Gasteiger partial charge is 0.196 e. The van der Waals surface area contributed by atoms with E-state index in [0.717, 1.165) is 0 Å². The highest BCUT2D eigenvalue weighted by Gasteiger charge is 2.02. The molecule has 2 heterocycles. The minimum Gasteiger partial charge on any atom is -0.505 e. The lowest BCUT2D eigenvalue weighted by Gasteiger charge is -1.92. The van der Waals surface area contributed by atoms with Gasteiger partial charge in [0.25, 0.3) is 0 Å². The molecule has 0 amide bonds. The van der Waals surface area contributed by atoms with Crippen LogP contribution in [0, 0.1) is 0 Å². The van der Waals surface area contributed by atoms with Crippen molar-refractivity contribution in [2.24, 2.45) is 7.05 Å². The molecule has 0 fully saturated rings. The van der Waals surface area contributed by atoms with Gasteiger partial charge in [-0.1, -0.05) is 0 Å². The Balaban J connectivity index is 2.14. The van der Waals surface area contributed by atoms with Crippen LogP contribution in [0.15, 0.2) is 12.4 Å². The molecule has 0 unspecified atom stereocenters. The summed E-state index contributed by atoms with van der Waals surface area (Å²) in [4.78, 5) is 1.37. The average Bonchev–Trinajstić information content (AvgIpc) is 2.62. The number of aromatic nitrogens is 6. The van der Waals surface area contributed by atoms with Gasteiger partial charge in [-0.15, -0.1) is 10.2 Å². The van der Waals surface area contributed by atoms with E-state index in [4.69, 9.17) is 5.11 Å². The third-order valence-electron chi connectivity index (χ3n) is 1.47. The Morgan fingerprint density at radius 2 is 2.38 bits per heavy atom. The van der Waals surface area contributed by atoms with E-state index in [-0.39, 0.29) is 5.75 Å². The van der Waals surface area contributed by atoms with Gasteiger partial charge in [-0.2, -0.15) is 9.90 Å². The SMILES string of the molecule is Cn1nnc(Cn2cc(O)cn2)n1. The van der Waals surface area contributed by atoms with E-state index in [0.29, 0.717) is 12.4 Å². The molecule has 0 spiro atoms. The van der Waals surface area contributed by atoms with Gasteiger partial charge in [-0.3, -0.25) is 4.68 Å². The lowest BCUT2D eigenvalue weighted by atomic mass is 10.6. The number of nitrogens with zero attached hydrogens (tertiary/aromatic N) is 6. The van der Waals surface area contributed by atoms with Crippen molar-refractivity contribution >= 4 is 0 Å². The zero-order chi connectivity index (χ0) is 9.26. The highest BCUT2D eigenvalue weighted by Crippen LogP contribution is 2.04. The summed E-state index contributed by atoms with van der Waals surface area (Å²) in [5, 5.41) is 24.3. The number of rotatable bonds is 2. The zero-order valence-corrected chi connectivity index (χ0v) is 6.99. The third kappa shape index (κ3) is 1.63. The molecule has 0 aromatic carbocycles. The van der Waals surface area contributed by atoms with Gasteiger partial charge in [0, 0.05) is 0 Å². The van der Waals surface area contributed by atoms with Crippen LogP contribution in [0.4, 0.5) is 0 Å². The fourth-order valence-electron chi connectivity index (χ4n) is 0.971. The predicted octanol–water partition coefficient (Wildman–Crippen LogP) is -0.840. The van der Waals surface area contributed by atoms with Crippen molar-refractivity contribution in [2.45, 2.75) is 6.54 Å². The largest absolute Gasteiger partial charge is 0.505 e. The molecule has 2 rings (SSSR count). The maximum Gasteiger partial charge on any atom is 0.196 e. The molecule has 68 valence electrons. The quantitative estimate of drug-likeness (QED) is 0.651. The lowest BCUT2D eigenvalue weighted by molar-refractivity contribution is 0.474. The van der Waals surface area contributed by atoms with Crippen LogP contribution in [0.3, 0.4) is 0 Å². The molecule has 1 N–H and O–H groups in total. The van der Waals surface area contributed by atoms with Crippen molar-refractivity contribution in [3.63, 3.8) is 0 Å². The molecule has 0 radical (unpaired) electrons. The fourth-order valence-corrected chi connectivity index (χ4v) is 0.971. The average molecular weight is 180 g/mol. The van der Waals surface area contributed by atoms with E-state index < -0.39 is 0 Å². The molecule has 2 aromatic rings. The first-order valence-electron chi connectivity index (χ1n) is 3.68. The van der Waals surface area contributed by atoms with E-state index in [1.54, 1.807) is 7.05 Å². The second kappa shape index (κ2) is 2.85. The summed E-state index contributed by atoms with van der Waals surface area (Å²) in [5.41, 5.74) is 0. The lowest BCUT2D eigenvalue weighted by Crippen LogP contribution is -2.02. The summed E-state index contributed by atoms with van der Waals surface area (Å²) in [6.45, 7) is 0.411. The van der Waals surface area contributed by atoms with Crippen molar-refractivity contribution in [1.82, 2.24) is 30.0 Å². The molecular weight excluding hydrogens is 172 g/mol. The number of hydrogen-bond acceptors (Lipinski definition) is 5. The normalized spacial score (nSPS) is 10.5. The molecular formula is C6H8N6O. The Labute approximate surface area is 73.6 Å². The van der Waals surface area contributed by atoms with Crippen LogP contribution in [-0.4, -0.2) is 35.1 Å². The number of tetrazole rings is 1. The summed E-state index contributed by atoms with van der Waals surface area (Å²) in [6, 6.07) is 0. The maximum atomic E-state index is 8.99. The zero-order valence-electron chi connectivity index (χ0n) is 6.99. The van der Waals surface area contributed by atoms with Crippen LogP contribution in [0.5, 0.6) is 5.75 Å². The Kier molecular flexibility index (Phi) is 1.69. The van der Waals surface area contributed by atoms with Crippen LogP contribution < -0.4 is 0 Å². The summed E-state index contributed by atoms with van der Waals surface area (Å²) in [5.74, 6) is 0.689. The number of aromatic hydroxyl groups is 1. The topological polar surface area (TPSA) is 81.7 Å². The molecule has 0 bridgehead atoms.